The quantitative estimate of drug-likeness (QED) is 0.853. The number of carbonyl (C=O) groups excluding carboxylic acids is 2. The van der Waals surface area contributed by atoms with E-state index in [4.69, 9.17) is 15.0 Å². The SMILES string of the molecule is CCc1noc(C)c1C(=O)O[C@@H](C(N)=O)c1ccc(F)cc1. The maximum absolute atomic E-state index is 12.9. The highest BCUT2D eigenvalue weighted by atomic mass is 19.1. The fourth-order valence-electron chi connectivity index (χ4n) is 2.01. The van der Waals surface area contributed by atoms with Crippen LogP contribution in [0.15, 0.2) is 28.8 Å². The Morgan fingerprint density at radius 1 is 1.36 bits per heavy atom. The molecule has 0 fully saturated rings. The molecular weight excluding hydrogens is 291 g/mol. The summed E-state index contributed by atoms with van der Waals surface area (Å²) in [7, 11) is 0. The molecule has 2 N–H and O–H groups in total. The molecule has 22 heavy (non-hydrogen) atoms. The van der Waals surface area contributed by atoms with Gasteiger partial charge in [-0.25, -0.2) is 9.18 Å². The number of ether oxygens (including phenoxy) is 1. The van der Waals surface area contributed by atoms with Crippen LogP contribution in [0.1, 0.15) is 40.4 Å². The second kappa shape index (κ2) is 6.38. The zero-order chi connectivity index (χ0) is 16.3. The van der Waals surface area contributed by atoms with Gasteiger partial charge < -0.3 is 15.0 Å². The van der Waals surface area contributed by atoms with Gasteiger partial charge in [0.15, 0.2) is 0 Å². The summed E-state index contributed by atoms with van der Waals surface area (Å²) in [5.74, 6) is -1.79. The highest BCUT2D eigenvalue weighted by Gasteiger charge is 2.27. The Morgan fingerprint density at radius 2 is 2.00 bits per heavy atom. The molecule has 1 heterocycles. The van der Waals surface area contributed by atoms with Crippen molar-refractivity contribution in [3.05, 3.63) is 52.7 Å². The van der Waals surface area contributed by atoms with Crippen molar-refractivity contribution in [2.45, 2.75) is 26.4 Å². The third-order valence-electron chi connectivity index (χ3n) is 3.13. The van der Waals surface area contributed by atoms with E-state index in [1.807, 2.05) is 0 Å². The molecule has 0 saturated heterocycles. The minimum Gasteiger partial charge on any atom is -0.444 e. The molecule has 0 radical (unpaired) electrons. The van der Waals surface area contributed by atoms with E-state index in [1.54, 1.807) is 13.8 Å². The number of carbonyl (C=O) groups is 2. The van der Waals surface area contributed by atoms with Crippen LogP contribution in [-0.2, 0) is 16.0 Å². The van der Waals surface area contributed by atoms with Crippen LogP contribution >= 0.6 is 0 Å². The Bertz CT molecular complexity index is 694. The molecule has 7 heteroatoms. The largest absolute Gasteiger partial charge is 0.444 e. The number of primary amides is 1. The van der Waals surface area contributed by atoms with Crippen molar-refractivity contribution in [2.75, 3.05) is 0 Å². The average molecular weight is 306 g/mol. The van der Waals surface area contributed by atoms with E-state index in [2.05, 4.69) is 5.16 Å². The lowest BCUT2D eigenvalue weighted by Crippen LogP contribution is -2.26. The molecule has 2 rings (SSSR count). The monoisotopic (exact) mass is 306 g/mol. The summed E-state index contributed by atoms with van der Waals surface area (Å²) >= 11 is 0. The number of aromatic nitrogens is 1. The lowest BCUT2D eigenvalue weighted by atomic mass is 10.1. The topological polar surface area (TPSA) is 95.4 Å². The number of rotatable bonds is 5. The number of aryl methyl sites for hydroxylation is 2. The van der Waals surface area contributed by atoms with E-state index in [9.17, 15) is 14.0 Å². The fraction of sp³-hybridized carbons (Fsp3) is 0.267. The highest BCUT2D eigenvalue weighted by Crippen LogP contribution is 2.22. The first-order valence-electron chi connectivity index (χ1n) is 6.65. The molecule has 0 unspecified atom stereocenters. The van der Waals surface area contributed by atoms with Crippen LogP contribution in [0.3, 0.4) is 0 Å². The van der Waals surface area contributed by atoms with Gasteiger partial charge in [0, 0.05) is 5.56 Å². The van der Waals surface area contributed by atoms with E-state index in [0.717, 1.165) is 12.1 Å². The van der Waals surface area contributed by atoms with Gasteiger partial charge in [-0.1, -0.05) is 24.2 Å². The molecule has 0 spiro atoms. The van der Waals surface area contributed by atoms with Crippen molar-refractivity contribution in [1.29, 1.82) is 0 Å². The van der Waals surface area contributed by atoms with Crippen molar-refractivity contribution in [3.63, 3.8) is 0 Å². The summed E-state index contributed by atoms with van der Waals surface area (Å²) in [5, 5.41) is 3.75. The molecule has 2 aromatic rings. The summed E-state index contributed by atoms with van der Waals surface area (Å²) in [6.45, 7) is 3.37. The predicted octanol–water partition coefficient (Wildman–Crippen LogP) is 2.07. The molecule has 0 aliphatic rings. The molecular formula is C15H15FN2O4. The van der Waals surface area contributed by atoms with E-state index in [-0.39, 0.29) is 11.1 Å². The molecule has 1 aromatic carbocycles. The Hall–Kier alpha value is -2.70. The maximum atomic E-state index is 12.9. The number of nitrogens with zero attached hydrogens (tertiary/aromatic N) is 1. The van der Waals surface area contributed by atoms with Crippen LogP contribution in [0.4, 0.5) is 4.39 Å². The van der Waals surface area contributed by atoms with Crippen LogP contribution in [-0.4, -0.2) is 17.0 Å². The van der Waals surface area contributed by atoms with Crippen molar-refractivity contribution < 1.29 is 23.2 Å². The summed E-state index contributed by atoms with van der Waals surface area (Å²) in [5.41, 5.74) is 6.17. The van der Waals surface area contributed by atoms with Gasteiger partial charge in [-0.05, 0) is 25.5 Å². The second-order valence-electron chi connectivity index (χ2n) is 4.65. The van der Waals surface area contributed by atoms with Gasteiger partial charge in [-0.2, -0.15) is 0 Å². The fourth-order valence-corrected chi connectivity index (χ4v) is 2.01. The van der Waals surface area contributed by atoms with Gasteiger partial charge in [0.1, 0.15) is 17.1 Å². The van der Waals surface area contributed by atoms with Gasteiger partial charge in [0.2, 0.25) is 6.10 Å². The minimum atomic E-state index is -1.31. The first kappa shape index (κ1) is 15.7. The number of esters is 1. The molecule has 0 bridgehead atoms. The van der Waals surface area contributed by atoms with Gasteiger partial charge in [0.25, 0.3) is 5.91 Å². The number of nitrogens with two attached hydrogens (primary N) is 1. The molecule has 6 nitrogen and oxygen atoms in total. The average Bonchev–Trinajstić information content (AvgIpc) is 2.86. The van der Waals surface area contributed by atoms with Crippen molar-refractivity contribution >= 4 is 11.9 Å². The summed E-state index contributed by atoms with van der Waals surface area (Å²) in [4.78, 5) is 23.8. The lowest BCUT2D eigenvalue weighted by molar-refractivity contribution is -0.127. The van der Waals surface area contributed by atoms with Crippen LogP contribution in [0, 0.1) is 12.7 Å². The predicted molar refractivity (Wildman–Crippen MR) is 74.4 cm³/mol. The van der Waals surface area contributed by atoms with Crippen molar-refractivity contribution in [2.24, 2.45) is 5.73 Å². The van der Waals surface area contributed by atoms with E-state index < -0.39 is 23.8 Å². The second-order valence-corrected chi connectivity index (χ2v) is 4.65. The standard InChI is InChI=1S/C15H15FN2O4/c1-3-11-12(8(2)22-18-11)15(20)21-13(14(17)19)9-4-6-10(16)7-5-9/h4-7,13H,3H2,1-2H3,(H2,17,19)/t13-/m1/s1. The van der Waals surface area contributed by atoms with Crippen LogP contribution in [0.25, 0.3) is 0 Å². The Kier molecular flexibility index (Phi) is 4.55. The summed E-state index contributed by atoms with van der Waals surface area (Å²) in [6.07, 6.45) is -0.841. The molecule has 0 aliphatic carbocycles. The zero-order valence-electron chi connectivity index (χ0n) is 12.1. The molecule has 0 saturated carbocycles. The summed E-state index contributed by atoms with van der Waals surface area (Å²) in [6, 6.07) is 4.97. The smallest absolute Gasteiger partial charge is 0.344 e. The number of amides is 1. The first-order chi connectivity index (χ1) is 10.4. The van der Waals surface area contributed by atoms with Gasteiger partial charge in [-0.3, -0.25) is 4.79 Å². The van der Waals surface area contributed by atoms with Crippen LogP contribution in [0.2, 0.25) is 0 Å². The van der Waals surface area contributed by atoms with E-state index in [0.29, 0.717) is 17.9 Å². The molecule has 116 valence electrons. The van der Waals surface area contributed by atoms with E-state index in [1.165, 1.54) is 12.1 Å². The number of benzene rings is 1. The Balaban J connectivity index is 2.28. The zero-order valence-corrected chi connectivity index (χ0v) is 12.1. The van der Waals surface area contributed by atoms with Gasteiger partial charge in [0.05, 0.1) is 5.69 Å². The Labute approximate surface area is 126 Å². The first-order valence-corrected chi connectivity index (χ1v) is 6.65. The number of hydrogen-bond donors (Lipinski definition) is 1. The number of halogens is 1. The van der Waals surface area contributed by atoms with Crippen LogP contribution < -0.4 is 5.73 Å². The molecule has 1 aromatic heterocycles. The van der Waals surface area contributed by atoms with Gasteiger partial charge >= 0.3 is 5.97 Å². The molecule has 0 aliphatic heterocycles. The molecule has 1 atom stereocenters. The third-order valence-corrected chi connectivity index (χ3v) is 3.13. The van der Waals surface area contributed by atoms with Crippen LogP contribution in [0.5, 0.6) is 0 Å². The minimum absolute atomic E-state index is 0.177. The third kappa shape index (κ3) is 3.13. The highest BCUT2D eigenvalue weighted by molar-refractivity contribution is 5.94. The summed E-state index contributed by atoms with van der Waals surface area (Å²) < 4.78 is 23.1. The van der Waals surface area contributed by atoms with Crippen molar-refractivity contribution in [3.8, 4) is 0 Å². The molecule has 1 amide bonds. The lowest BCUT2D eigenvalue weighted by Gasteiger charge is -2.15. The maximum Gasteiger partial charge on any atom is 0.344 e. The van der Waals surface area contributed by atoms with Crippen molar-refractivity contribution in [1.82, 2.24) is 5.16 Å². The number of hydrogen-bond acceptors (Lipinski definition) is 5. The van der Waals surface area contributed by atoms with Gasteiger partial charge in [-0.15, -0.1) is 0 Å². The Morgan fingerprint density at radius 3 is 2.55 bits per heavy atom. The van der Waals surface area contributed by atoms with E-state index >= 15 is 0 Å². The normalized spacial score (nSPS) is 12.0.